The molecule has 8 heteroatoms. The molecule has 3 rings (SSSR count). The van der Waals surface area contributed by atoms with Crippen molar-refractivity contribution < 1.29 is 33.2 Å². The molecule has 0 fully saturated rings. The van der Waals surface area contributed by atoms with Crippen molar-refractivity contribution in [2.45, 2.75) is 0 Å². The first-order valence-electron chi connectivity index (χ1n) is 9.53. The molecule has 32 heavy (non-hydrogen) atoms. The molecule has 0 radical (unpaired) electrons. The van der Waals surface area contributed by atoms with Gasteiger partial charge in [0.05, 0.1) is 38.0 Å². The maximum Gasteiger partial charge on any atom is 0.338 e. The summed E-state index contributed by atoms with van der Waals surface area (Å²) in [6.45, 7) is 0. The van der Waals surface area contributed by atoms with Gasteiger partial charge in [0.25, 0.3) is 0 Å². The van der Waals surface area contributed by atoms with Crippen molar-refractivity contribution in [2.24, 2.45) is 0 Å². The zero-order valence-corrected chi connectivity index (χ0v) is 18.6. The largest absolute Gasteiger partial charge is 0.465 e. The molecule has 0 spiro atoms. The van der Waals surface area contributed by atoms with Crippen molar-refractivity contribution in [3.05, 3.63) is 89.5 Å². The first-order chi connectivity index (χ1) is 15.4. The Balaban J connectivity index is 2.50. The van der Waals surface area contributed by atoms with Crippen LogP contribution in [0.4, 0.5) is 0 Å². The zero-order valence-electron chi connectivity index (χ0n) is 17.7. The first kappa shape index (κ1) is 23.0. The Morgan fingerprint density at radius 1 is 0.531 bits per heavy atom. The third-order valence-electron chi connectivity index (χ3n) is 4.95. The predicted molar refractivity (Wildman–Crippen MR) is 120 cm³/mol. The van der Waals surface area contributed by atoms with Crippen molar-refractivity contribution >= 4 is 41.0 Å². The predicted octanol–water partition coefficient (Wildman–Crippen LogP) is 2.69. The average molecular weight is 452 g/mol. The van der Waals surface area contributed by atoms with Crippen molar-refractivity contribution in [3.63, 3.8) is 0 Å². The fourth-order valence-corrected chi connectivity index (χ4v) is 6.66. The molecule has 0 atom stereocenters. The summed E-state index contributed by atoms with van der Waals surface area (Å²) in [5.41, 5.74) is 0.160. The summed E-state index contributed by atoms with van der Waals surface area (Å²) >= 11 is 0. The molecule has 0 unspecified atom stereocenters. The number of esters is 3. The van der Waals surface area contributed by atoms with Crippen LogP contribution in [0, 0.1) is 0 Å². The van der Waals surface area contributed by atoms with Gasteiger partial charge in [-0.1, -0.05) is 36.4 Å². The Kier molecular flexibility index (Phi) is 6.91. The summed E-state index contributed by atoms with van der Waals surface area (Å²) in [4.78, 5) is 37.7. The van der Waals surface area contributed by atoms with Crippen molar-refractivity contribution in [1.29, 1.82) is 0 Å². The van der Waals surface area contributed by atoms with E-state index in [1.807, 2.05) is 0 Å². The summed E-state index contributed by atoms with van der Waals surface area (Å²) in [6.07, 6.45) is 0. The SMILES string of the molecule is COC(=O)c1ccccc1P(=O)(c1ccccc1C(=O)OC)c1ccccc1C(=O)OC. The number of methoxy groups -OCH3 is 3. The number of hydrogen-bond donors (Lipinski definition) is 0. The van der Waals surface area contributed by atoms with E-state index in [9.17, 15) is 14.4 Å². The molecule has 3 aromatic rings. The average Bonchev–Trinajstić information content (AvgIpc) is 2.86. The Hall–Kier alpha value is -3.70. The van der Waals surface area contributed by atoms with Gasteiger partial charge in [0.15, 0.2) is 7.14 Å². The Bertz CT molecular complexity index is 1080. The summed E-state index contributed by atoms with van der Waals surface area (Å²) in [5.74, 6) is -2.11. The molecule has 0 bridgehead atoms. The third-order valence-corrected chi connectivity index (χ3v) is 8.15. The molecule has 7 nitrogen and oxygen atoms in total. The van der Waals surface area contributed by atoms with Crippen LogP contribution in [0.15, 0.2) is 72.8 Å². The van der Waals surface area contributed by atoms with Crippen molar-refractivity contribution in [1.82, 2.24) is 0 Å². The molecule has 164 valence electrons. The molecule has 0 aliphatic carbocycles. The highest BCUT2D eigenvalue weighted by atomic mass is 31.2. The van der Waals surface area contributed by atoms with Crippen LogP contribution >= 0.6 is 7.14 Å². The Morgan fingerprint density at radius 3 is 1.03 bits per heavy atom. The van der Waals surface area contributed by atoms with Crippen LogP contribution in [0.5, 0.6) is 0 Å². The molecule has 0 aliphatic heterocycles. The van der Waals surface area contributed by atoms with E-state index in [2.05, 4.69) is 0 Å². The minimum absolute atomic E-state index is 0.0534. The third kappa shape index (κ3) is 3.95. The van der Waals surface area contributed by atoms with Gasteiger partial charge in [-0.3, -0.25) is 0 Å². The maximum atomic E-state index is 15.1. The van der Waals surface area contributed by atoms with Crippen molar-refractivity contribution in [2.75, 3.05) is 21.3 Å². The van der Waals surface area contributed by atoms with E-state index in [0.717, 1.165) is 0 Å². The highest BCUT2D eigenvalue weighted by Crippen LogP contribution is 2.45. The van der Waals surface area contributed by atoms with Crippen LogP contribution in [0.2, 0.25) is 0 Å². The number of ether oxygens (including phenoxy) is 3. The normalized spacial score (nSPS) is 10.8. The number of rotatable bonds is 6. The molecular weight excluding hydrogens is 431 g/mol. The molecular formula is C24H21O7P. The molecule has 3 aromatic carbocycles. The fraction of sp³-hybridized carbons (Fsp3) is 0.125. The Morgan fingerprint density at radius 2 is 0.781 bits per heavy atom. The van der Waals surface area contributed by atoms with E-state index in [1.54, 1.807) is 36.4 Å². The lowest BCUT2D eigenvalue weighted by atomic mass is 10.2. The molecule has 0 saturated carbocycles. The van der Waals surface area contributed by atoms with E-state index in [1.165, 1.54) is 57.7 Å². The lowest BCUT2D eigenvalue weighted by Gasteiger charge is -2.25. The quantitative estimate of drug-likeness (QED) is 0.322. The summed E-state index contributed by atoms with van der Waals surface area (Å²) in [7, 11) is -0.342. The van der Waals surface area contributed by atoms with Gasteiger partial charge in [-0.2, -0.15) is 0 Å². The second-order valence-corrected chi connectivity index (χ2v) is 9.30. The van der Waals surface area contributed by atoms with Gasteiger partial charge in [0, 0.05) is 15.9 Å². The molecule has 0 aliphatic rings. The molecule has 0 saturated heterocycles. The minimum Gasteiger partial charge on any atom is -0.465 e. The number of carbonyl (C=O) groups excluding carboxylic acids is 3. The van der Waals surface area contributed by atoms with Crippen LogP contribution in [0.25, 0.3) is 0 Å². The van der Waals surface area contributed by atoms with Crippen LogP contribution < -0.4 is 15.9 Å². The second kappa shape index (κ2) is 9.62. The van der Waals surface area contributed by atoms with Crippen LogP contribution in [-0.4, -0.2) is 39.2 Å². The van der Waals surface area contributed by atoms with Gasteiger partial charge >= 0.3 is 17.9 Å². The van der Waals surface area contributed by atoms with E-state index >= 15 is 4.57 Å². The van der Waals surface area contributed by atoms with Gasteiger partial charge in [0.1, 0.15) is 0 Å². The van der Waals surface area contributed by atoms with Gasteiger partial charge in [-0.05, 0) is 36.4 Å². The van der Waals surface area contributed by atoms with E-state index in [0.29, 0.717) is 0 Å². The maximum absolute atomic E-state index is 15.1. The highest BCUT2D eigenvalue weighted by molar-refractivity contribution is 7.85. The topological polar surface area (TPSA) is 96.0 Å². The lowest BCUT2D eigenvalue weighted by molar-refractivity contribution is 0.0593. The smallest absolute Gasteiger partial charge is 0.338 e. The molecule has 0 N–H and O–H groups in total. The first-order valence-corrected chi connectivity index (χ1v) is 11.2. The number of carbonyl (C=O) groups is 3. The van der Waals surface area contributed by atoms with Crippen LogP contribution in [0.1, 0.15) is 31.1 Å². The van der Waals surface area contributed by atoms with E-state index in [-0.39, 0.29) is 32.6 Å². The van der Waals surface area contributed by atoms with Gasteiger partial charge in [-0.25, -0.2) is 14.4 Å². The van der Waals surface area contributed by atoms with E-state index < -0.39 is 25.0 Å². The van der Waals surface area contributed by atoms with Crippen molar-refractivity contribution in [3.8, 4) is 0 Å². The van der Waals surface area contributed by atoms with Gasteiger partial charge < -0.3 is 18.8 Å². The Labute approximate surface area is 185 Å². The zero-order chi connectivity index (χ0) is 23.3. The van der Waals surface area contributed by atoms with Crippen LogP contribution in [-0.2, 0) is 18.8 Å². The number of hydrogen-bond acceptors (Lipinski definition) is 7. The molecule has 0 heterocycles. The van der Waals surface area contributed by atoms with E-state index in [4.69, 9.17) is 14.2 Å². The standard InChI is InChI=1S/C24H21O7P/c1-29-22(25)16-10-4-7-13-19(16)32(28,20-14-8-5-11-17(20)23(26)30-2)21-15-9-6-12-18(21)24(27)31-3/h4-15H,1-3H3. The minimum atomic E-state index is -3.99. The fourth-order valence-electron chi connectivity index (χ4n) is 3.48. The number of benzene rings is 3. The highest BCUT2D eigenvalue weighted by Gasteiger charge is 2.39. The summed E-state index contributed by atoms with van der Waals surface area (Å²) in [5, 5.41) is 0.374. The van der Waals surface area contributed by atoms with Crippen LogP contribution in [0.3, 0.4) is 0 Å². The lowest BCUT2D eigenvalue weighted by Crippen LogP contribution is -2.34. The monoisotopic (exact) mass is 452 g/mol. The molecule has 0 amide bonds. The van der Waals surface area contributed by atoms with Gasteiger partial charge in [0.2, 0.25) is 0 Å². The second-order valence-electron chi connectivity index (χ2n) is 6.64. The summed E-state index contributed by atoms with van der Waals surface area (Å²) < 4.78 is 29.8. The van der Waals surface area contributed by atoms with Gasteiger partial charge in [-0.15, -0.1) is 0 Å². The summed E-state index contributed by atoms with van der Waals surface area (Å²) in [6, 6.07) is 18.7. The molecule has 0 aromatic heterocycles.